The molecule has 1 N–H and O–H groups in total. The molecule has 0 bridgehead atoms. The van der Waals surface area contributed by atoms with Gasteiger partial charge in [-0.25, -0.2) is 14.4 Å². The molecule has 1 aliphatic heterocycles. The molecule has 6 rings (SSSR count). The van der Waals surface area contributed by atoms with E-state index in [2.05, 4.69) is 40.2 Å². The van der Waals surface area contributed by atoms with Crippen LogP contribution in [0.1, 0.15) is 19.8 Å². The first-order valence-corrected chi connectivity index (χ1v) is 11.4. The Morgan fingerprint density at radius 3 is 2.66 bits per heavy atom. The van der Waals surface area contributed by atoms with E-state index in [-0.39, 0.29) is 11.4 Å². The van der Waals surface area contributed by atoms with Crippen LogP contribution in [-0.2, 0) is 0 Å². The van der Waals surface area contributed by atoms with E-state index in [0.717, 1.165) is 55.4 Å². The predicted molar refractivity (Wildman–Crippen MR) is 120 cm³/mol. The molecule has 0 spiro atoms. The maximum absolute atomic E-state index is 14.5. The summed E-state index contributed by atoms with van der Waals surface area (Å²) < 4.78 is 20.4. The van der Waals surface area contributed by atoms with Gasteiger partial charge >= 0.3 is 0 Å². The lowest BCUT2D eigenvalue weighted by Crippen LogP contribution is -2.46. The number of anilines is 2. The molecule has 1 aliphatic carbocycles. The van der Waals surface area contributed by atoms with E-state index >= 15 is 0 Å². The zero-order chi connectivity index (χ0) is 21.7. The smallest absolute Gasteiger partial charge is 0.208 e. The predicted octanol–water partition coefficient (Wildman–Crippen LogP) is 3.27. The Kier molecular flexibility index (Phi) is 4.46. The number of nitrogens with zero attached hydrogens (tertiary/aromatic N) is 7. The number of hydrogen-bond donors (Lipinski definition) is 1. The molecule has 9 nitrogen and oxygen atoms in total. The monoisotopic (exact) mass is 452 g/mol. The van der Waals surface area contributed by atoms with Crippen molar-refractivity contribution in [1.29, 1.82) is 0 Å². The third-order valence-electron chi connectivity index (χ3n) is 6.04. The largest absolute Gasteiger partial charge is 0.484 e. The number of rotatable bonds is 5. The third kappa shape index (κ3) is 3.52. The minimum atomic E-state index is -0.391. The van der Waals surface area contributed by atoms with Gasteiger partial charge in [0.15, 0.2) is 11.6 Å². The highest BCUT2D eigenvalue weighted by atomic mass is 32.1. The van der Waals surface area contributed by atoms with Crippen molar-refractivity contribution in [2.75, 3.05) is 36.0 Å². The highest BCUT2D eigenvalue weighted by Crippen LogP contribution is 2.41. The third-order valence-corrected chi connectivity index (χ3v) is 6.79. The summed E-state index contributed by atoms with van der Waals surface area (Å²) in [4.78, 5) is 13.4. The highest BCUT2D eigenvalue weighted by Gasteiger charge is 2.40. The van der Waals surface area contributed by atoms with Gasteiger partial charge in [0.25, 0.3) is 0 Å². The van der Waals surface area contributed by atoms with Gasteiger partial charge in [0.2, 0.25) is 5.13 Å². The summed E-state index contributed by atoms with van der Waals surface area (Å²) in [5.74, 6) is 0.701. The summed E-state index contributed by atoms with van der Waals surface area (Å²) in [6.07, 6.45) is 3.42. The number of halogens is 1. The first kappa shape index (κ1) is 19.4. The fourth-order valence-electron chi connectivity index (χ4n) is 3.92. The lowest BCUT2D eigenvalue weighted by atomic mass is 10.1. The van der Waals surface area contributed by atoms with Crippen molar-refractivity contribution in [2.24, 2.45) is 0 Å². The van der Waals surface area contributed by atoms with Gasteiger partial charge in [-0.2, -0.15) is 5.10 Å². The van der Waals surface area contributed by atoms with Gasteiger partial charge in [0.05, 0.1) is 11.2 Å². The van der Waals surface area contributed by atoms with Gasteiger partial charge in [0, 0.05) is 43.7 Å². The molecule has 2 fully saturated rings. The van der Waals surface area contributed by atoms with Crippen LogP contribution in [-0.4, -0.2) is 62.1 Å². The Morgan fingerprint density at radius 1 is 1.09 bits per heavy atom. The maximum atomic E-state index is 14.5. The molecule has 3 aromatic heterocycles. The molecule has 2 aliphatic rings. The van der Waals surface area contributed by atoms with Crippen LogP contribution in [0.4, 0.5) is 15.3 Å². The molecule has 4 aromatic rings. The molecular weight excluding hydrogens is 431 g/mol. The molecule has 11 heteroatoms. The Bertz CT molecular complexity index is 1260. The number of hydrogen-bond acceptors (Lipinski definition) is 9. The van der Waals surface area contributed by atoms with Gasteiger partial charge in [-0.15, -0.1) is 10.2 Å². The summed E-state index contributed by atoms with van der Waals surface area (Å²) >= 11 is 1.55. The minimum Gasteiger partial charge on any atom is -0.484 e. The summed E-state index contributed by atoms with van der Waals surface area (Å²) in [7, 11) is 0. The second-order valence-corrected chi connectivity index (χ2v) is 9.22. The Balaban J connectivity index is 1.27. The summed E-state index contributed by atoms with van der Waals surface area (Å²) in [6, 6.07) is 5.08. The number of aromatic amines is 1. The second-order valence-electron chi connectivity index (χ2n) is 8.41. The van der Waals surface area contributed by atoms with Crippen LogP contribution in [0.2, 0.25) is 0 Å². The average Bonchev–Trinajstić information content (AvgIpc) is 3.20. The van der Waals surface area contributed by atoms with E-state index in [1.807, 2.05) is 13.0 Å². The van der Waals surface area contributed by atoms with E-state index in [9.17, 15) is 4.39 Å². The fraction of sp³-hybridized carbons (Fsp3) is 0.381. The van der Waals surface area contributed by atoms with Gasteiger partial charge in [-0.3, -0.25) is 5.10 Å². The summed E-state index contributed by atoms with van der Waals surface area (Å²) in [6.45, 7) is 5.32. The molecule has 0 unspecified atom stereocenters. The number of nitrogens with one attached hydrogen (secondary N) is 1. The lowest BCUT2D eigenvalue weighted by Gasteiger charge is -2.34. The van der Waals surface area contributed by atoms with Gasteiger partial charge in [0.1, 0.15) is 29.0 Å². The number of fused-ring (bicyclic) bond motifs is 1. The molecule has 0 radical (unpaired) electrons. The van der Waals surface area contributed by atoms with Crippen molar-refractivity contribution >= 4 is 33.2 Å². The first-order chi connectivity index (χ1) is 15.6. The molecule has 32 heavy (non-hydrogen) atoms. The topological polar surface area (TPSA) is 96.0 Å². The van der Waals surface area contributed by atoms with Crippen LogP contribution < -0.4 is 14.5 Å². The molecule has 4 heterocycles. The van der Waals surface area contributed by atoms with Gasteiger partial charge < -0.3 is 14.5 Å². The number of ether oxygens (including phenoxy) is 1. The second kappa shape index (κ2) is 7.37. The normalized spacial score (nSPS) is 17.7. The zero-order valence-corrected chi connectivity index (χ0v) is 18.3. The quantitative estimate of drug-likeness (QED) is 0.493. The number of H-pyrrole nitrogens is 1. The highest BCUT2D eigenvalue weighted by molar-refractivity contribution is 7.13. The SMILES string of the molecule is CC1(Oc2cc3c(-c4cc(N5CCN(c6nncs6)CC5)ncn4)n[nH]c3cc2F)CC1. The fourth-order valence-corrected chi connectivity index (χ4v) is 4.53. The van der Waals surface area contributed by atoms with Crippen molar-refractivity contribution in [2.45, 2.75) is 25.4 Å². The van der Waals surface area contributed by atoms with E-state index in [0.29, 0.717) is 16.9 Å². The van der Waals surface area contributed by atoms with Crippen LogP contribution in [0.3, 0.4) is 0 Å². The number of aromatic nitrogens is 6. The van der Waals surface area contributed by atoms with Gasteiger partial charge in [-0.1, -0.05) is 11.3 Å². The van der Waals surface area contributed by atoms with E-state index in [1.54, 1.807) is 29.2 Å². The van der Waals surface area contributed by atoms with Crippen LogP contribution >= 0.6 is 11.3 Å². The van der Waals surface area contributed by atoms with Gasteiger partial charge in [-0.05, 0) is 25.8 Å². The van der Waals surface area contributed by atoms with Crippen LogP contribution in [0, 0.1) is 5.82 Å². The summed E-state index contributed by atoms with van der Waals surface area (Å²) in [5.41, 5.74) is 3.43. The standard InChI is InChI=1S/C21H21FN8OS/c1-21(2-3-21)31-17-8-13-15(9-14(17)22)26-27-19(13)16-10-18(24-11-23-16)29-4-6-30(7-5-29)20-28-25-12-32-20/h8-12H,2-7H2,1H3,(H,26,27). The molecule has 164 valence electrons. The lowest BCUT2D eigenvalue weighted by molar-refractivity contribution is 0.191. The Hall–Kier alpha value is -3.34. The van der Waals surface area contributed by atoms with Crippen LogP contribution in [0.15, 0.2) is 30.0 Å². The first-order valence-electron chi connectivity index (χ1n) is 10.5. The van der Waals surface area contributed by atoms with Crippen LogP contribution in [0.25, 0.3) is 22.3 Å². The van der Waals surface area contributed by atoms with Crippen molar-refractivity contribution in [3.63, 3.8) is 0 Å². The van der Waals surface area contributed by atoms with Crippen molar-refractivity contribution in [3.05, 3.63) is 35.9 Å². The minimum absolute atomic E-state index is 0.252. The zero-order valence-electron chi connectivity index (χ0n) is 17.5. The maximum Gasteiger partial charge on any atom is 0.208 e. The molecular formula is C21H21FN8OS. The number of benzene rings is 1. The molecule has 0 atom stereocenters. The van der Waals surface area contributed by atoms with E-state index in [4.69, 9.17) is 4.74 Å². The number of piperazine rings is 1. The van der Waals surface area contributed by atoms with E-state index < -0.39 is 5.82 Å². The van der Waals surface area contributed by atoms with E-state index in [1.165, 1.54) is 6.07 Å². The van der Waals surface area contributed by atoms with Crippen molar-refractivity contribution < 1.29 is 9.13 Å². The Labute approximate surface area is 187 Å². The van der Waals surface area contributed by atoms with Crippen molar-refractivity contribution in [1.82, 2.24) is 30.4 Å². The average molecular weight is 453 g/mol. The molecule has 1 saturated carbocycles. The molecule has 0 amide bonds. The Morgan fingerprint density at radius 2 is 1.91 bits per heavy atom. The molecule has 1 saturated heterocycles. The van der Waals surface area contributed by atoms with Crippen molar-refractivity contribution in [3.8, 4) is 17.1 Å². The summed E-state index contributed by atoms with van der Waals surface area (Å²) in [5, 5.41) is 17.1. The van der Waals surface area contributed by atoms with Crippen LogP contribution in [0.5, 0.6) is 5.75 Å². The molecule has 1 aromatic carbocycles.